The number of carbonyl (C=O) groups excluding carboxylic acids is 1. The highest BCUT2D eigenvalue weighted by Gasteiger charge is 2.39. The lowest BCUT2D eigenvalue weighted by Gasteiger charge is -2.20. The third kappa shape index (κ3) is 1.84. The molecule has 2 fully saturated rings. The Morgan fingerprint density at radius 2 is 2.31 bits per heavy atom. The van der Waals surface area contributed by atoms with Gasteiger partial charge in [-0.25, -0.2) is 0 Å². The zero-order valence-corrected chi connectivity index (χ0v) is 8.00. The van der Waals surface area contributed by atoms with Gasteiger partial charge in [0.05, 0.1) is 12.6 Å². The predicted octanol–water partition coefficient (Wildman–Crippen LogP) is 0.416. The molecule has 13 heavy (non-hydrogen) atoms. The maximum absolute atomic E-state index is 11.0. The van der Waals surface area contributed by atoms with Crippen molar-refractivity contribution in [3.05, 3.63) is 0 Å². The number of nitrogens with one attached hydrogen (secondary N) is 1. The first-order chi connectivity index (χ1) is 6.07. The molecule has 2 heterocycles. The Hall–Kier alpha value is -0.610. The van der Waals surface area contributed by atoms with Crippen LogP contribution in [-0.4, -0.2) is 30.4 Å². The number of amides is 1. The molecule has 2 unspecified atom stereocenters. The molecule has 2 saturated heterocycles. The van der Waals surface area contributed by atoms with Crippen LogP contribution in [-0.2, 0) is 14.3 Å². The number of hydrogen-bond donors (Lipinski definition) is 1. The third-order valence-corrected chi connectivity index (χ3v) is 2.51. The van der Waals surface area contributed by atoms with Gasteiger partial charge in [0.1, 0.15) is 6.10 Å². The number of hydrogen-bond acceptors (Lipinski definition) is 3. The Morgan fingerprint density at radius 1 is 1.54 bits per heavy atom. The van der Waals surface area contributed by atoms with Gasteiger partial charge in [0.15, 0.2) is 5.79 Å². The van der Waals surface area contributed by atoms with Gasteiger partial charge in [-0.05, 0) is 20.3 Å². The molecule has 0 aliphatic carbocycles. The molecule has 74 valence electrons. The first-order valence-corrected chi connectivity index (χ1v) is 4.68. The molecule has 0 bridgehead atoms. The smallest absolute Gasteiger partial charge is 0.220 e. The second-order valence-electron chi connectivity index (χ2n) is 4.08. The Kier molecular flexibility index (Phi) is 2.04. The van der Waals surface area contributed by atoms with Crippen molar-refractivity contribution < 1.29 is 14.3 Å². The van der Waals surface area contributed by atoms with Crippen LogP contribution in [0.3, 0.4) is 0 Å². The summed E-state index contributed by atoms with van der Waals surface area (Å²) in [4.78, 5) is 11.0. The fourth-order valence-corrected chi connectivity index (χ4v) is 1.83. The topological polar surface area (TPSA) is 47.6 Å². The minimum absolute atomic E-state index is 0.0291. The van der Waals surface area contributed by atoms with Gasteiger partial charge in [-0.2, -0.15) is 0 Å². The molecule has 4 nitrogen and oxygen atoms in total. The second kappa shape index (κ2) is 2.96. The van der Waals surface area contributed by atoms with Gasteiger partial charge in [-0.15, -0.1) is 0 Å². The largest absolute Gasteiger partial charge is 0.351 e. The van der Waals surface area contributed by atoms with Crippen molar-refractivity contribution in [2.75, 3.05) is 6.61 Å². The molecule has 1 amide bonds. The summed E-state index contributed by atoms with van der Waals surface area (Å²) in [7, 11) is 0. The maximum atomic E-state index is 11.0. The van der Waals surface area contributed by atoms with Crippen LogP contribution in [0, 0.1) is 0 Å². The minimum atomic E-state index is -0.488. The molecular formula is C9H15NO3. The van der Waals surface area contributed by atoms with Gasteiger partial charge in [0, 0.05) is 6.42 Å². The Labute approximate surface area is 77.6 Å². The predicted molar refractivity (Wildman–Crippen MR) is 46.1 cm³/mol. The highest BCUT2D eigenvalue weighted by Crippen LogP contribution is 2.26. The van der Waals surface area contributed by atoms with Crippen molar-refractivity contribution in [2.45, 2.75) is 44.6 Å². The van der Waals surface area contributed by atoms with Crippen molar-refractivity contribution in [1.29, 1.82) is 0 Å². The summed E-state index contributed by atoms with van der Waals surface area (Å²) < 4.78 is 11.1. The van der Waals surface area contributed by atoms with Crippen molar-refractivity contribution in [1.82, 2.24) is 5.32 Å². The second-order valence-corrected chi connectivity index (χ2v) is 4.08. The zero-order valence-electron chi connectivity index (χ0n) is 8.00. The highest BCUT2D eigenvalue weighted by molar-refractivity contribution is 5.78. The Balaban J connectivity index is 1.93. The zero-order chi connectivity index (χ0) is 9.47. The van der Waals surface area contributed by atoms with Gasteiger partial charge in [-0.3, -0.25) is 4.79 Å². The number of ether oxygens (including phenoxy) is 2. The Morgan fingerprint density at radius 3 is 2.77 bits per heavy atom. The van der Waals surface area contributed by atoms with Crippen molar-refractivity contribution in [3.63, 3.8) is 0 Å². The summed E-state index contributed by atoms with van der Waals surface area (Å²) in [6.07, 6.45) is 1.51. The van der Waals surface area contributed by atoms with E-state index in [0.29, 0.717) is 13.0 Å². The SMILES string of the molecule is CC1(C)OCC(C2CCC(=O)N2)O1. The lowest BCUT2D eigenvalue weighted by Crippen LogP contribution is -2.39. The van der Waals surface area contributed by atoms with Crippen molar-refractivity contribution >= 4 is 5.91 Å². The molecule has 2 aliphatic rings. The van der Waals surface area contributed by atoms with Crippen LogP contribution in [0.1, 0.15) is 26.7 Å². The molecule has 4 heteroatoms. The van der Waals surface area contributed by atoms with Crippen LogP contribution in [0.15, 0.2) is 0 Å². The molecule has 0 aromatic heterocycles. The first-order valence-electron chi connectivity index (χ1n) is 4.68. The third-order valence-electron chi connectivity index (χ3n) is 2.51. The van der Waals surface area contributed by atoms with Gasteiger partial charge >= 0.3 is 0 Å². The minimum Gasteiger partial charge on any atom is -0.351 e. The number of rotatable bonds is 1. The van der Waals surface area contributed by atoms with E-state index < -0.39 is 5.79 Å². The van der Waals surface area contributed by atoms with Crippen molar-refractivity contribution in [2.24, 2.45) is 0 Å². The molecular weight excluding hydrogens is 170 g/mol. The average molecular weight is 185 g/mol. The van der Waals surface area contributed by atoms with Crippen LogP contribution in [0.4, 0.5) is 0 Å². The highest BCUT2D eigenvalue weighted by atomic mass is 16.7. The quantitative estimate of drug-likeness (QED) is 0.644. The fraction of sp³-hybridized carbons (Fsp3) is 0.889. The molecule has 1 N–H and O–H groups in total. The first kappa shape index (κ1) is 8.97. The summed E-state index contributed by atoms with van der Waals surface area (Å²) >= 11 is 0. The molecule has 2 atom stereocenters. The summed E-state index contributed by atoms with van der Waals surface area (Å²) in [6.45, 7) is 4.37. The Bertz CT molecular complexity index is 227. The van der Waals surface area contributed by atoms with E-state index >= 15 is 0 Å². The average Bonchev–Trinajstić information content (AvgIpc) is 2.56. The van der Waals surface area contributed by atoms with E-state index in [1.165, 1.54) is 0 Å². The van der Waals surface area contributed by atoms with E-state index in [1.54, 1.807) is 0 Å². The molecule has 0 aromatic rings. The van der Waals surface area contributed by atoms with Gasteiger partial charge in [0.2, 0.25) is 5.91 Å². The van der Waals surface area contributed by atoms with Crippen LogP contribution in [0.25, 0.3) is 0 Å². The van der Waals surface area contributed by atoms with Crippen LogP contribution in [0.5, 0.6) is 0 Å². The fourth-order valence-electron chi connectivity index (χ4n) is 1.83. The van der Waals surface area contributed by atoms with Crippen molar-refractivity contribution in [3.8, 4) is 0 Å². The van der Waals surface area contributed by atoms with E-state index in [9.17, 15) is 4.79 Å². The lowest BCUT2D eigenvalue weighted by atomic mass is 10.1. The normalized spacial score (nSPS) is 37.8. The monoisotopic (exact) mass is 185 g/mol. The van der Waals surface area contributed by atoms with Crippen LogP contribution < -0.4 is 5.32 Å². The van der Waals surface area contributed by atoms with Crippen LogP contribution in [0.2, 0.25) is 0 Å². The van der Waals surface area contributed by atoms with Gasteiger partial charge in [-0.1, -0.05) is 0 Å². The molecule has 0 radical (unpaired) electrons. The van der Waals surface area contributed by atoms with E-state index in [2.05, 4.69) is 5.32 Å². The van der Waals surface area contributed by atoms with E-state index in [0.717, 1.165) is 6.42 Å². The molecule has 2 aliphatic heterocycles. The molecule has 0 spiro atoms. The molecule has 0 aromatic carbocycles. The van der Waals surface area contributed by atoms with E-state index in [-0.39, 0.29) is 18.1 Å². The van der Waals surface area contributed by atoms with E-state index in [4.69, 9.17) is 9.47 Å². The van der Waals surface area contributed by atoms with Gasteiger partial charge < -0.3 is 14.8 Å². The summed E-state index contributed by atoms with van der Waals surface area (Å²) in [5.41, 5.74) is 0. The van der Waals surface area contributed by atoms with Gasteiger partial charge in [0.25, 0.3) is 0 Å². The molecule has 2 rings (SSSR count). The summed E-state index contributed by atoms with van der Waals surface area (Å²) in [6, 6.07) is 0.147. The standard InChI is InChI=1S/C9H15NO3/c1-9(2)12-5-7(13-9)6-3-4-8(11)10-6/h6-7H,3-5H2,1-2H3,(H,10,11). The van der Waals surface area contributed by atoms with Crippen LogP contribution >= 0.6 is 0 Å². The maximum Gasteiger partial charge on any atom is 0.220 e. The summed E-state index contributed by atoms with van der Waals surface area (Å²) in [5, 5.41) is 2.89. The van der Waals surface area contributed by atoms with E-state index in [1.807, 2.05) is 13.8 Å². The number of carbonyl (C=O) groups is 1. The molecule has 0 saturated carbocycles. The summed E-state index contributed by atoms with van der Waals surface area (Å²) in [5.74, 6) is -0.365. The lowest BCUT2D eigenvalue weighted by molar-refractivity contribution is -0.142.